The van der Waals surface area contributed by atoms with E-state index in [1.165, 1.54) is 25.0 Å². The SMILES string of the molecule is CCC(C)n1ccc(CC2CC(C)CCC2Br)n1. The fraction of sp³-hybridized carbons (Fsp3) is 0.800. The highest BCUT2D eigenvalue weighted by molar-refractivity contribution is 9.09. The lowest BCUT2D eigenvalue weighted by atomic mass is 9.80. The summed E-state index contributed by atoms with van der Waals surface area (Å²) in [5, 5.41) is 4.73. The third-order valence-corrected chi connectivity index (χ3v) is 5.53. The van der Waals surface area contributed by atoms with Gasteiger partial charge in [0.25, 0.3) is 0 Å². The van der Waals surface area contributed by atoms with Crippen LogP contribution in [0.3, 0.4) is 0 Å². The van der Waals surface area contributed by atoms with Crippen LogP contribution in [0.4, 0.5) is 0 Å². The molecular formula is C15H25BrN2. The predicted molar refractivity (Wildman–Crippen MR) is 80.2 cm³/mol. The molecule has 0 aliphatic heterocycles. The van der Waals surface area contributed by atoms with E-state index >= 15 is 0 Å². The van der Waals surface area contributed by atoms with E-state index in [1.807, 2.05) is 0 Å². The summed E-state index contributed by atoms with van der Waals surface area (Å²) in [6.07, 6.45) is 8.43. The third-order valence-electron chi connectivity index (χ3n) is 4.33. The van der Waals surface area contributed by atoms with Crippen molar-refractivity contribution in [2.24, 2.45) is 11.8 Å². The van der Waals surface area contributed by atoms with Crippen LogP contribution in [0.25, 0.3) is 0 Å². The molecule has 0 amide bonds. The van der Waals surface area contributed by atoms with E-state index < -0.39 is 0 Å². The molecule has 1 aromatic rings. The van der Waals surface area contributed by atoms with Gasteiger partial charge in [0, 0.05) is 17.1 Å². The van der Waals surface area contributed by atoms with Gasteiger partial charge in [-0.15, -0.1) is 0 Å². The summed E-state index contributed by atoms with van der Waals surface area (Å²) in [6.45, 7) is 6.82. The molecule has 1 aromatic heterocycles. The molecular weight excluding hydrogens is 288 g/mol. The average molecular weight is 313 g/mol. The Morgan fingerprint density at radius 3 is 3.00 bits per heavy atom. The van der Waals surface area contributed by atoms with Crippen molar-refractivity contribution in [3.8, 4) is 0 Å². The molecule has 0 aromatic carbocycles. The molecule has 3 heteroatoms. The summed E-state index contributed by atoms with van der Waals surface area (Å²) in [4.78, 5) is 0.683. The number of halogens is 1. The highest BCUT2D eigenvalue weighted by Crippen LogP contribution is 2.35. The molecule has 1 saturated carbocycles. The number of aromatic nitrogens is 2. The highest BCUT2D eigenvalue weighted by atomic mass is 79.9. The molecule has 4 atom stereocenters. The molecule has 2 rings (SSSR count). The van der Waals surface area contributed by atoms with Crippen LogP contribution in [0.5, 0.6) is 0 Å². The molecule has 0 bridgehead atoms. The van der Waals surface area contributed by atoms with Crippen LogP contribution in [0.1, 0.15) is 58.2 Å². The zero-order valence-electron chi connectivity index (χ0n) is 11.8. The first kappa shape index (κ1) is 14.1. The molecule has 2 nitrogen and oxygen atoms in total. The van der Waals surface area contributed by atoms with Crippen molar-refractivity contribution in [1.82, 2.24) is 9.78 Å². The fourth-order valence-corrected chi connectivity index (χ4v) is 3.53. The van der Waals surface area contributed by atoms with E-state index in [-0.39, 0.29) is 0 Å². The predicted octanol–water partition coefficient (Wildman–Crippen LogP) is 4.60. The lowest BCUT2D eigenvalue weighted by molar-refractivity contribution is 0.292. The van der Waals surface area contributed by atoms with E-state index in [0.29, 0.717) is 10.9 Å². The van der Waals surface area contributed by atoms with Gasteiger partial charge in [0.15, 0.2) is 0 Å². The van der Waals surface area contributed by atoms with E-state index in [0.717, 1.165) is 24.7 Å². The van der Waals surface area contributed by atoms with Gasteiger partial charge in [-0.25, -0.2) is 0 Å². The maximum atomic E-state index is 4.73. The van der Waals surface area contributed by atoms with E-state index in [2.05, 4.69) is 53.6 Å². The summed E-state index contributed by atoms with van der Waals surface area (Å²) in [5.74, 6) is 1.63. The van der Waals surface area contributed by atoms with E-state index in [1.54, 1.807) is 0 Å². The van der Waals surface area contributed by atoms with Crippen LogP contribution in [0.2, 0.25) is 0 Å². The second-order valence-corrected chi connectivity index (χ2v) is 7.12. The van der Waals surface area contributed by atoms with Crippen LogP contribution in [0.15, 0.2) is 12.3 Å². The Hall–Kier alpha value is -0.310. The molecule has 1 aliphatic carbocycles. The Morgan fingerprint density at radius 1 is 1.50 bits per heavy atom. The zero-order valence-corrected chi connectivity index (χ0v) is 13.4. The molecule has 1 aliphatic rings. The van der Waals surface area contributed by atoms with Gasteiger partial charge in [-0.1, -0.05) is 29.8 Å². The Bertz CT molecular complexity index is 374. The van der Waals surface area contributed by atoms with Crippen LogP contribution >= 0.6 is 15.9 Å². The Morgan fingerprint density at radius 2 is 2.28 bits per heavy atom. The van der Waals surface area contributed by atoms with Crippen molar-refractivity contribution in [2.75, 3.05) is 0 Å². The van der Waals surface area contributed by atoms with Crippen molar-refractivity contribution in [3.05, 3.63) is 18.0 Å². The Balaban J connectivity index is 1.98. The summed E-state index contributed by atoms with van der Waals surface area (Å²) < 4.78 is 2.12. The Labute approximate surface area is 119 Å². The summed E-state index contributed by atoms with van der Waals surface area (Å²) in [7, 11) is 0. The summed E-state index contributed by atoms with van der Waals surface area (Å²) >= 11 is 3.85. The van der Waals surface area contributed by atoms with Crippen molar-refractivity contribution < 1.29 is 0 Å². The molecule has 1 heterocycles. The minimum absolute atomic E-state index is 0.517. The largest absolute Gasteiger partial charge is 0.270 e. The number of hydrogen-bond donors (Lipinski definition) is 0. The molecule has 18 heavy (non-hydrogen) atoms. The van der Waals surface area contributed by atoms with Crippen molar-refractivity contribution in [3.63, 3.8) is 0 Å². The number of rotatable bonds is 4. The van der Waals surface area contributed by atoms with Crippen molar-refractivity contribution in [2.45, 2.75) is 63.7 Å². The lowest BCUT2D eigenvalue weighted by Crippen LogP contribution is -2.25. The van der Waals surface area contributed by atoms with Gasteiger partial charge in [0.2, 0.25) is 0 Å². The van der Waals surface area contributed by atoms with Gasteiger partial charge in [0.05, 0.1) is 5.69 Å². The van der Waals surface area contributed by atoms with Crippen LogP contribution < -0.4 is 0 Å². The molecule has 0 saturated heterocycles. The van der Waals surface area contributed by atoms with Gasteiger partial charge >= 0.3 is 0 Å². The number of nitrogens with zero attached hydrogens (tertiary/aromatic N) is 2. The van der Waals surface area contributed by atoms with Crippen LogP contribution in [-0.2, 0) is 6.42 Å². The van der Waals surface area contributed by atoms with Crippen LogP contribution in [-0.4, -0.2) is 14.6 Å². The molecule has 0 radical (unpaired) electrons. The van der Waals surface area contributed by atoms with Gasteiger partial charge in [-0.05, 0) is 56.9 Å². The number of hydrogen-bond acceptors (Lipinski definition) is 1. The second-order valence-electron chi connectivity index (χ2n) is 5.94. The third kappa shape index (κ3) is 3.37. The first-order chi connectivity index (χ1) is 8.60. The summed E-state index contributed by atoms with van der Waals surface area (Å²) in [5.41, 5.74) is 1.26. The van der Waals surface area contributed by atoms with E-state index in [4.69, 9.17) is 5.10 Å². The van der Waals surface area contributed by atoms with Crippen molar-refractivity contribution >= 4 is 15.9 Å². The first-order valence-electron chi connectivity index (χ1n) is 7.28. The molecule has 1 fully saturated rings. The highest BCUT2D eigenvalue weighted by Gasteiger charge is 2.27. The quantitative estimate of drug-likeness (QED) is 0.743. The summed E-state index contributed by atoms with van der Waals surface area (Å²) in [6, 6.07) is 2.72. The zero-order chi connectivity index (χ0) is 13.1. The molecule has 4 unspecified atom stereocenters. The molecule has 0 N–H and O–H groups in total. The average Bonchev–Trinajstić information content (AvgIpc) is 2.81. The maximum Gasteiger partial charge on any atom is 0.0627 e. The minimum atomic E-state index is 0.517. The standard InChI is InChI=1S/C15H25BrN2/c1-4-12(3)18-8-7-14(17-18)10-13-9-11(2)5-6-15(13)16/h7-8,11-13,15H,4-6,9-10H2,1-3H3. The Kier molecular flexibility index (Phi) is 4.88. The number of alkyl halides is 1. The van der Waals surface area contributed by atoms with Gasteiger partial charge < -0.3 is 0 Å². The second kappa shape index (κ2) is 6.23. The minimum Gasteiger partial charge on any atom is -0.270 e. The molecule has 0 spiro atoms. The molecule has 102 valence electrons. The van der Waals surface area contributed by atoms with Gasteiger partial charge in [0.1, 0.15) is 0 Å². The van der Waals surface area contributed by atoms with Crippen molar-refractivity contribution in [1.29, 1.82) is 0 Å². The van der Waals surface area contributed by atoms with Gasteiger partial charge in [-0.3, -0.25) is 4.68 Å². The maximum absolute atomic E-state index is 4.73. The first-order valence-corrected chi connectivity index (χ1v) is 8.19. The topological polar surface area (TPSA) is 17.8 Å². The van der Waals surface area contributed by atoms with E-state index in [9.17, 15) is 0 Å². The monoisotopic (exact) mass is 312 g/mol. The normalized spacial score (nSPS) is 30.3. The van der Waals surface area contributed by atoms with Gasteiger partial charge in [-0.2, -0.15) is 5.10 Å². The fourth-order valence-electron chi connectivity index (χ4n) is 2.86. The lowest BCUT2D eigenvalue weighted by Gasteiger charge is -2.31. The van der Waals surface area contributed by atoms with Crippen LogP contribution in [0, 0.1) is 11.8 Å². The smallest absolute Gasteiger partial charge is 0.0627 e.